The first-order valence-electron chi connectivity index (χ1n) is 7.81. The Labute approximate surface area is 159 Å². The average molecular weight is 409 g/mol. The zero-order chi connectivity index (χ0) is 21.2. The molecule has 5 nitrogen and oxygen atoms in total. The van der Waals surface area contributed by atoms with Crippen molar-refractivity contribution < 1.29 is 26.3 Å². The number of benzene rings is 1. The molecule has 0 atom stereocenters. The van der Waals surface area contributed by atoms with Gasteiger partial charge in [-0.25, -0.2) is 9.67 Å². The van der Waals surface area contributed by atoms with Gasteiger partial charge >= 0.3 is 12.4 Å². The molecular formula is C18H9F6N5. The van der Waals surface area contributed by atoms with Crippen LogP contribution < -0.4 is 0 Å². The van der Waals surface area contributed by atoms with E-state index in [9.17, 15) is 31.6 Å². The van der Waals surface area contributed by atoms with E-state index in [4.69, 9.17) is 0 Å². The second-order valence-corrected chi connectivity index (χ2v) is 5.74. The second-order valence-electron chi connectivity index (χ2n) is 5.74. The molecule has 11 heteroatoms. The molecule has 0 N–H and O–H groups in total. The second kappa shape index (κ2) is 7.38. The van der Waals surface area contributed by atoms with Crippen LogP contribution in [0.1, 0.15) is 16.7 Å². The highest BCUT2D eigenvalue weighted by Crippen LogP contribution is 2.38. The highest BCUT2D eigenvalue weighted by atomic mass is 19.4. The van der Waals surface area contributed by atoms with Crippen molar-refractivity contribution >= 4 is 11.8 Å². The van der Waals surface area contributed by atoms with Crippen LogP contribution in [0.25, 0.3) is 23.2 Å². The van der Waals surface area contributed by atoms with Gasteiger partial charge in [-0.3, -0.25) is 4.98 Å². The van der Waals surface area contributed by atoms with Gasteiger partial charge in [-0.2, -0.15) is 31.6 Å². The third-order valence-corrected chi connectivity index (χ3v) is 3.71. The van der Waals surface area contributed by atoms with Gasteiger partial charge in [0.25, 0.3) is 0 Å². The number of nitriles is 1. The highest BCUT2D eigenvalue weighted by Gasteiger charge is 2.37. The lowest BCUT2D eigenvalue weighted by atomic mass is 10.0. The Morgan fingerprint density at radius 1 is 1.03 bits per heavy atom. The van der Waals surface area contributed by atoms with Crippen molar-refractivity contribution in [2.45, 2.75) is 12.4 Å². The summed E-state index contributed by atoms with van der Waals surface area (Å²) < 4.78 is 79.0. The molecule has 0 radical (unpaired) electrons. The molecule has 0 fully saturated rings. The van der Waals surface area contributed by atoms with Crippen LogP contribution >= 0.6 is 0 Å². The van der Waals surface area contributed by atoms with Crippen molar-refractivity contribution in [1.82, 2.24) is 19.7 Å². The number of hydrogen-bond donors (Lipinski definition) is 0. The van der Waals surface area contributed by atoms with Gasteiger partial charge in [0.2, 0.25) is 0 Å². The molecule has 0 saturated heterocycles. The van der Waals surface area contributed by atoms with Crippen LogP contribution in [0, 0.1) is 11.3 Å². The molecular weight excluding hydrogens is 400 g/mol. The topological polar surface area (TPSA) is 67.4 Å². The van der Waals surface area contributed by atoms with E-state index in [2.05, 4.69) is 15.1 Å². The lowest BCUT2D eigenvalue weighted by Crippen LogP contribution is -2.11. The van der Waals surface area contributed by atoms with E-state index in [1.165, 1.54) is 18.6 Å². The number of rotatable bonds is 3. The van der Waals surface area contributed by atoms with Crippen molar-refractivity contribution in [3.8, 4) is 17.5 Å². The number of nitrogens with zero attached hydrogens (tertiary/aromatic N) is 5. The molecule has 3 aromatic rings. The van der Waals surface area contributed by atoms with Gasteiger partial charge in [-0.1, -0.05) is 6.07 Å². The summed E-state index contributed by atoms with van der Waals surface area (Å²) in [6.45, 7) is 0. The number of aromatic nitrogens is 4. The van der Waals surface area contributed by atoms with Gasteiger partial charge < -0.3 is 0 Å². The van der Waals surface area contributed by atoms with Crippen LogP contribution in [0.15, 0.2) is 49.1 Å². The smallest absolute Gasteiger partial charge is 0.264 e. The largest absolute Gasteiger partial charge is 0.416 e. The maximum atomic E-state index is 13.0. The fraction of sp³-hybridized carbons (Fsp3) is 0.111. The molecule has 0 aliphatic carbocycles. The summed E-state index contributed by atoms with van der Waals surface area (Å²) in [6.07, 6.45) is -4.75. The van der Waals surface area contributed by atoms with Gasteiger partial charge in [0.1, 0.15) is 12.4 Å². The van der Waals surface area contributed by atoms with Crippen LogP contribution in [0.4, 0.5) is 26.3 Å². The van der Waals surface area contributed by atoms with Crippen LogP contribution in [0.3, 0.4) is 0 Å². The molecule has 0 bridgehead atoms. The average Bonchev–Trinajstić information content (AvgIpc) is 3.14. The van der Waals surface area contributed by atoms with Gasteiger partial charge in [0.15, 0.2) is 5.82 Å². The molecule has 2 heterocycles. The summed E-state index contributed by atoms with van der Waals surface area (Å²) in [4.78, 5) is 7.62. The lowest BCUT2D eigenvalue weighted by molar-refractivity contribution is -0.143. The summed E-state index contributed by atoms with van der Waals surface area (Å²) in [5.41, 5.74) is -2.83. The number of hydrogen-bond acceptors (Lipinski definition) is 4. The minimum absolute atomic E-state index is 0.0244. The van der Waals surface area contributed by atoms with Crippen LogP contribution in [-0.2, 0) is 12.4 Å². The summed E-state index contributed by atoms with van der Waals surface area (Å²) in [7, 11) is 0. The molecule has 0 saturated carbocycles. The van der Waals surface area contributed by atoms with E-state index in [0.717, 1.165) is 11.0 Å². The minimum atomic E-state index is -4.98. The first-order valence-corrected chi connectivity index (χ1v) is 7.81. The van der Waals surface area contributed by atoms with Crippen molar-refractivity contribution in [2.24, 2.45) is 0 Å². The third-order valence-electron chi connectivity index (χ3n) is 3.71. The maximum absolute atomic E-state index is 13.0. The summed E-state index contributed by atoms with van der Waals surface area (Å²) in [5.74, 6) is -0.360. The lowest BCUT2D eigenvalue weighted by Gasteiger charge is -2.13. The Morgan fingerprint density at radius 3 is 2.21 bits per heavy atom. The van der Waals surface area contributed by atoms with Gasteiger partial charge in [0.05, 0.1) is 16.7 Å². The molecule has 148 valence electrons. The molecule has 2 aromatic heterocycles. The standard InChI is InChI=1S/C18H9F6N5/c19-17(20,21)14-4-12(5-15(6-14)18(22,23)24)16-27-10-29(28-16)9-13(7-25)11-2-1-3-26-8-11/h1-6,8-10H. The zero-order valence-electron chi connectivity index (χ0n) is 14.2. The number of alkyl halides is 6. The summed E-state index contributed by atoms with van der Waals surface area (Å²) in [5, 5.41) is 13.1. The van der Waals surface area contributed by atoms with E-state index >= 15 is 0 Å². The van der Waals surface area contributed by atoms with Crippen molar-refractivity contribution in [1.29, 1.82) is 5.26 Å². The fourth-order valence-electron chi connectivity index (χ4n) is 2.38. The van der Waals surface area contributed by atoms with Gasteiger partial charge in [-0.15, -0.1) is 5.10 Å². The summed E-state index contributed by atoms with van der Waals surface area (Å²) in [6, 6.07) is 6.19. The number of allylic oxidation sites excluding steroid dienone is 1. The minimum Gasteiger partial charge on any atom is -0.264 e. The first kappa shape index (κ1) is 20.1. The van der Waals surface area contributed by atoms with Crippen LogP contribution in [0.5, 0.6) is 0 Å². The van der Waals surface area contributed by atoms with E-state index in [-0.39, 0.29) is 17.5 Å². The van der Waals surface area contributed by atoms with Crippen molar-refractivity contribution in [3.05, 3.63) is 65.7 Å². The summed E-state index contributed by atoms with van der Waals surface area (Å²) >= 11 is 0. The monoisotopic (exact) mass is 409 g/mol. The predicted octanol–water partition coefficient (Wildman–Crippen LogP) is 4.90. The zero-order valence-corrected chi connectivity index (χ0v) is 14.2. The van der Waals surface area contributed by atoms with E-state index in [1.807, 2.05) is 6.07 Å². The third kappa shape index (κ3) is 4.60. The maximum Gasteiger partial charge on any atom is 0.416 e. The van der Waals surface area contributed by atoms with Crippen molar-refractivity contribution in [2.75, 3.05) is 0 Å². The molecule has 1 aromatic carbocycles. The Kier molecular flexibility index (Phi) is 5.11. The normalized spacial score (nSPS) is 12.7. The quantitative estimate of drug-likeness (QED) is 0.456. The first-order chi connectivity index (χ1) is 13.6. The van der Waals surface area contributed by atoms with Crippen LogP contribution in [0.2, 0.25) is 0 Å². The molecule has 3 rings (SSSR count). The molecule has 0 aliphatic heterocycles. The number of halogens is 6. The molecule has 0 unspecified atom stereocenters. The van der Waals surface area contributed by atoms with E-state index < -0.39 is 29.0 Å². The predicted molar refractivity (Wildman–Crippen MR) is 89.5 cm³/mol. The van der Waals surface area contributed by atoms with Crippen molar-refractivity contribution in [3.63, 3.8) is 0 Å². The molecule has 0 spiro atoms. The van der Waals surface area contributed by atoms with Gasteiger partial charge in [-0.05, 0) is 24.3 Å². The Hall–Kier alpha value is -3.68. The van der Waals surface area contributed by atoms with Crippen LogP contribution in [-0.4, -0.2) is 19.7 Å². The Morgan fingerprint density at radius 2 is 1.69 bits per heavy atom. The molecule has 0 amide bonds. The SMILES string of the molecule is N#CC(=Cn1cnc(-c2cc(C(F)(F)F)cc(C(F)(F)F)c2)n1)c1cccnc1. The van der Waals surface area contributed by atoms with Gasteiger partial charge in [0, 0.05) is 29.7 Å². The van der Waals surface area contributed by atoms with E-state index in [0.29, 0.717) is 17.7 Å². The highest BCUT2D eigenvalue weighted by molar-refractivity contribution is 5.84. The number of pyridine rings is 1. The van der Waals surface area contributed by atoms with E-state index in [1.54, 1.807) is 12.1 Å². The Balaban J connectivity index is 2.04. The molecule has 29 heavy (non-hydrogen) atoms. The fourth-order valence-corrected chi connectivity index (χ4v) is 2.38. The molecule has 0 aliphatic rings. The Bertz CT molecular complexity index is 1060.